The van der Waals surface area contributed by atoms with Crippen molar-refractivity contribution >= 4 is 40.5 Å². The fourth-order valence-corrected chi connectivity index (χ4v) is 3.52. The van der Waals surface area contributed by atoms with E-state index in [1.165, 1.54) is 11.8 Å². The van der Waals surface area contributed by atoms with Crippen molar-refractivity contribution in [3.63, 3.8) is 0 Å². The quantitative estimate of drug-likeness (QED) is 0.909. The average Bonchev–Trinajstić information content (AvgIpc) is 2.98. The number of carboxylic acid groups (broad SMARTS) is 1. The average molecular weight is 334 g/mol. The third kappa shape index (κ3) is 2.56. The van der Waals surface area contributed by atoms with Gasteiger partial charge in [0.25, 0.3) is 5.91 Å². The Morgan fingerprint density at radius 2 is 2.09 bits per heavy atom. The predicted octanol–water partition coefficient (Wildman–Crippen LogP) is 1.92. The molecule has 2 aliphatic rings. The number of aromatic nitrogens is 1. The van der Waals surface area contributed by atoms with Gasteiger partial charge in [0.1, 0.15) is 18.2 Å². The Hall–Kier alpha value is -2.09. The number of aliphatic imine (C=N–C) groups is 2. The number of rotatable bonds is 4. The summed E-state index contributed by atoms with van der Waals surface area (Å²) in [6, 6.07) is 0. The highest BCUT2D eigenvalue weighted by Gasteiger charge is 2.36. The molecule has 0 saturated carbocycles. The molecule has 0 aromatic carbocycles. The Kier molecular flexibility index (Phi) is 4.01. The number of aliphatic carboxylic acids is 1. The van der Waals surface area contributed by atoms with Crippen LogP contribution < -0.4 is 0 Å². The van der Waals surface area contributed by atoms with Crippen molar-refractivity contribution in [2.45, 2.75) is 33.2 Å². The minimum atomic E-state index is -0.800. The van der Waals surface area contributed by atoms with Gasteiger partial charge in [0.15, 0.2) is 5.17 Å². The zero-order valence-corrected chi connectivity index (χ0v) is 14.1. The third-order valence-electron chi connectivity index (χ3n) is 4.19. The summed E-state index contributed by atoms with van der Waals surface area (Å²) >= 11 is 1.48. The Balaban J connectivity index is 2.07. The number of fused-ring (bicyclic) bond motifs is 3. The van der Waals surface area contributed by atoms with Crippen molar-refractivity contribution < 1.29 is 14.7 Å². The van der Waals surface area contributed by atoms with Crippen LogP contribution in [-0.2, 0) is 16.1 Å². The van der Waals surface area contributed by atoms with E-state index in [-0.39, 0.29) is 18.9 Å². The van der Waals surface area contributed by atoms with Crippen molar-refractivity contribution in [1.29, 1.82) is 0 Å². The predicted molar refractivity (Wildman–Crippen MR) is 89.6 cm³/mol. The van der Waals surface area contributed by atoms with E-state index in [2.05, 4.69) is 4.99 Å². The smallest absolute Gasteiger partial charge is 0.303 e. The maximum atomic E-state index is 11.8. The molecule has 0 spiro atoms. The zero-order chi connectivity index (χ0) is 16.7. The van der Waals surface area contributed by atoms with Gasteiger partial charge in [-0.05, 0) is 32.1 Å². The fourth-order valence-electron chi connectivity index (χ4n) is 2.97. The molecule has 1 amide bonds. The maximum Gasteiger partial charge on any atom is 0.303 e. The first-order chi connectivity index (χ1) is 10.9. The van der Waals surface area contributed by atoms with E-state index in [4.69, 9.17) is 10.1 Å². The molecule has 0 bridgehead atoms. The van der Waals surface area contributed by atoms with Gasteiger partial charge in [0.2, 0.25) is 0 Å². The first kappa shape index (κ1) is 15.8. The summed E-state index contributed by atoms with van der Waals surface area (Å²) in [6.07, 6.45) is 2.58. The third-order valence-corrected chi connectivity index (χ3v) is 4.87. The molecule has 2 aliphatic heterocycles. The first-order valence-electron chi connectivity index (χ1n) is 7.37. The molecule has 0 radical (unpaired) electrons. The van der Waals surface area contributed by atoms with Crippen LogP contribution in [0, 0.1) is 13.8 Å². The lowest BCUT2D eigenvalue weighted by Crippen LogP contribution is -2.36. The number of nitrogens with zero attached hydrogens (tertiary/aromatic N) is 4. The molecular weight excluding hydrogens is 316 g/mol. The van der Waals surface area contributed by atoms with Gasteiger partial charge in [0, 0.05) is 18.7 Å². The highest BCUT2D eigenvalue weighted by Crippen LogP contribution is 2.37. The molecule has 3 rings (SSSR count). The molecule has 0 unspecified atom stereocenters. The summed E-state index contributed by atoms with van der Waals surface area (Å²) in [5.41, 5.74) is 2.97. The van der Waals surface area contributed by atoms with E-state index in [9.17, 15) is 9.59 Å². The second-order valence-corrected chi connectivity index (χ2v) is 6.35. The van der Waals surface area contributed by atoms with Gasteiger partial charge in [-0.1, -0.05) is 11.8 Å². The van der Waals surface area contributed by atoms with Crippen LogP contribution in [0.2, 0.25) is 0 Å². The normalized spacial score (nSPS) is 16.1. The zero-order valence-electron chi connectivity index (χ0n) is 13.3. The van der Waals surface area contributed by atoms with Gasteiger partial charge < -0.3 is 9.67 Å². The number of hydrogen-bond acceptors (Lipinski definition) is 5. The number of amidine groups is 2. The SMILES string of the molecule is CSC1=Nc2c(c(C)c(C)n2CCCC(=O)O)C2=NC(=O)CN12. The summed E-state index contributed by atoms with van der Waals surface area (Å²) in [7, 11) is 0. The lowest BCUT2D eigenvalue weighted by molar-refractivity contribution is -0.137. The molecule has 23 heavy (non-hydrogen) atoms. The maximum absolute atomic E-state index is 11.8. The Bertz CT molecular complexity index is 763. The van der Waals surface area contributed by atoms with Crippen LogP contribution in [0.4, 0.5) is 5.82 Å². The Morgan fingerprint density at radius 1 is 1.35 bits per heavy atom. The van der Waals surface area contributed by atoms with E-state index in [1.54, 1.807) is 0 Å². The summed E-state index contributed by atoms with van der Waals surface area (Å²) in [4.78, 5) is 33.2. The van der Waals surface area contributed by atoms with Gasteiger partial charge in [-0.3, -0.25) is 14.5 Å². The van der Waals surface area contributed by atoms with Crippen LogP contribution in [0.1, 0.15) is 29.7 Å². The van der Waals surface area contributed by atoms with Gasteiger partial charge in [-0.25, -0.2) is 4.99 Å². The minimum absolute atomic E-state index is 0.121. The number of carbonyl (C=O) groups is 2. The molecule has 1 aromatic heterocycles. The molecular formula is C15H18N4O3S. The lowest BCUT2D eigenvalue weighted by Gasteiger charge is -2.25. The molecule has 1 aromatic rings. The van der Waals surface area contributed by atoms with E-state index in [1.807, 2.05) is 29.6 Å². The molecule has 122 valence electrons. The fraction of sp³-hybridized carbons (Fsp3) is 0.467. The van der Waals surface area contributed by atoms with Crippen LogP contribution in [0.5, 0.6) is 0 Å². The molecule has 1 N–H and O–H groups in total. The van der Waals surface area contributed by atoms with Gasteiger partial charge >= 0.3 is 5.97 Å². The number of carboxylic acids is 1. The highest BCUT2D eigenvalue weighted by atomic mass is 32.2. The van der Waals surface area contributed by atoms with Gasteiger partial charge in [-0.15, -0.1) is 0 Å². The number of amides is 1. The second kappa shape index (κ2) is 5.84. The first-order valence-corrected chi connectivity index (χ1v) is 8.60. The summed E-state index contributed by atoms with van der Waals surface area (Å²) in [5, 5.41) is 9.58. The van der Waals surface area contributed by atoms with E-state index < -0.39 is 5.97 Å². The van der Waals surface area contributed by atoms with E-state index in [0.717, 1.165) is 27.8 Å². The molecule has 0 atom stereocenters. The largest absolute Gasteiger partial charge is 0.481 e. The van der Waals surface area contributed by atoms with Gasteiger partial charge in [-0.2, -0.15) is 4.99 Å². The van der Waals surface area contributed by atoms with Crippen LogP contribution >= 0.6 is 11.8 Å². The van der Waals surface area contributed by atoms with Crippen LogP contribution in [0.15, 0.2) is 9.98 Å². The number of thioether (sulfide) groups is 1. The monoisotopic (exact) mass is 334 g/mol. The van der Waals surface area contributed by atoms with E-state index >= 15 is 0 Å². The Labute approximate surface area is 138 Å². The molecule has 0 saturated heterocycles. The van der Waals surface area contributed by atoms with Crippen LogP contribution in [-0.4, -0.2) is 50.3 Å². The van der Waals surface area contributed by atoms with Crippen LogP contribution in [0.3, 0.4) is 0 Å². The molecule has 8 heteroatoms. The van der Waals surface area contributed by atoms with Crippen molar-refractivity contribution in [1.82, 2.24) is 9.47 Å². The highest BCUT2D eigenvalue weighted by molar-refractivity contribution is 8.13. The number of carbonyl (C=O) groups excluding carboxylic acids is 1. The summed E-state index contributed by atoms with van der Waals surface area (Å²) in [5.74, 6) is 0.484. The molecule has 0 fully saturated rings. The topological polar surface area (TPSA) is 87.3 Å². The van der Waals surface area contributed by atoms with E-state index in [0.29, 0.717) is 18.8 Å². The second-order valence-electron chi connectivity index (χ2n) is 5.57. The lowest BCUT2D eigenvalue weighted by atomic mass is 10.1. The van der Waals surface area contributed by atoms with Crippen molar-refractivity contribution in [2.24, 2.45) is 9.98 Å². The van der Waals surface area contributed by atoms with Crippen molar-refractivity contribution in [3.05, 3.63) is 16.8 Å². The van der Waals surface area contributed by atoms with Gasteiger partial charge in [0.05, 0.1) is 5.56 Å². The summed E-state index contributed by atoms with van der Waals surface area (Å²) < 4.78 is 2.03. The van der Waals surface area contributed by atoms with Crippen LogP contribution in [0.25, 0.3) is 0 Å². The standard InChI is InChI=1S/C15H18N4O3S/c1-8-9(2)18(6-4-5-11(21)22)14-12(8)13-16-10(20)7-19(13)15(17-14)23-3/h4-7H2,1-3H3,(H,21,22). The molecule has 3 heterocycles. The van der Waals surface area contributed by atoms with Crippen molar-refractivity contribution in [2.75, 3.05) is 12.8 Å². The molecule has 0 aliphatic carbocycles. The summed E-state index contributed by atoms with van der Waals surface area (Å²) in [6.45, 7) is 4.80. The molecule has 7 nitrogen and oxygen atoms in total. The minimum Gasteiger partial charge on any atom is -0.481 e. The van der Waals surface area contributed by atoms with Crippen molar-refractivity contribution in [3.8, 4) is 0 Å². The Morgan fingerprint density at radius 3 is 2.74 bits per heavy atom. The number of hydrogen-bond donors (Lipinski definition) is 1.